The fourth-order valence-corrected chi connectivity index (χ4v) is 6.29. The molecule has 3 aromatic rings. The second kappa shape index (κ2) is 11.0. The first kappa shape index (κ1) is 25.5. The van der Waals surface area contributed by atoms with Gasteiger partial charge in [-0.25, -0.2) is 0 Å². The number of ether oxygens (including phenoxy) is 2. The Morgan fingerprint density at radius 3 is 2.31 bits per heavy atom. The molecule has 0 aliphatic carbocycles. The van der Waals surface area contributed by atoms with Gasteiger partial charge in [-0.15, -0.1) is 24.2 Å². The first-order chi connectivity index (χ1) is 16.5. The van der Waals surface area contributed by atoms with Gasteiger partial charge in [-0.05, 0) is 72.9 Å². The number of hydrogen-bond donors (Lipinski definition) is 2. The number of phenolic OH excluding ortho intramolecular Hbond substituents is 2. The number of aromatic hydroxyl groups is 2. The van der Waals surface area contributed by atoms with E-state index >= 15 is 0 Å². The first-order valence-corrected chi connectivity index (χ1v) is 12.8. The standard InChI is InChI=1S/C28H31NO4S.ClH/c1-18-15-19(2)29(17-18)13-14-32-24-10-5-20(6-11-24)27-28(21-3-7-22(30)8-4-21)34-26-16-23(31)9-12-25(26)33-27;/h3-12,16,18-19,27-28,30-31H,13-15,17H2,1-2H3;1H/t18-,19+,27-,28+;/m0./s1. The molecule has 4 atom stereocenters. The van der Waals surface area contributed by atoms with Gasteiger partial charge in [-0.2, -0.15) is 0 Å². The summed E-state index contributed by atoms with van der Waals surface area (Å²) in [7, 11) is 0. The predicted octanol–water partition coefficient (Wildman–Crippen LogP) is 6.60. The van der Waals surface area contributed by atoms with Crippen LogP contribution in [0.4, 0.5) is 0 Å². The molecule has 2 aliphatic heterocycles. The van der Waals surface area contributed by atoms with Crippen molar-refractivity contribution in [1.82, 2.24) is 4.90 Å². The van der Waals surface area contributed by atoms with Crippen molar-refractivity contribution >= 4 is 24.2 Å². The number of hydrogen-bond acceptors (Lipinski definition) is 6. The molecular weight excluding hydrogens is 482 g/mol. The highest BCUT2D eigenvalue weighted by atomic mass is 35.5. The maximum Gasteiger partial charge on any atom is 0.140 e. The molecule has 2 heterocycles. The van der Waals surface area contributed by atoms with Crippen LogP contribution >= 0.6 is 24.2 Å². The SMILES string of the molecule is C[C@H]1C[C@@H](C)N(CCOc2ccc([C@@H]3Oc4ccc(O)cc4S[C@@H]3c3ccc(O)cc3)cc2)C1.Cl. The van der Waals surface area contributed by atoms with E-state index in [1.165, 1.54) is 6.42 Å². The lowest BCUT2D eigenvalue weighted by atomic mass is 10.00. The lowest BCUT2D eigenvalue weighted by Crippen LogP contribution is -2.31. The van der Waals surface area contributed by atoms with Crippen molar-refractivity contribution in [3.05, 3.63) is 77.9 Å². The van der Waals surface area contributed by atoms with Gasteiger partial charge in [0, 0.05) is 19.1 Å². The normalized spacial score (nSPS) is 23.7. The fraction of sp³-hybridized carbons (Fsp3) is 0.357. The molecule has 3 aromatic carbocycles. The molecule has 1 saturated heterocycles. The Hall–Kier alpha value is -2.54. The largest absolute Gasteiger partial charge is 0.508 e. The molecule has 0 unspecified atom stereocenters. The highest BCUT2D eigenvalue weighted by molar-refractivity contribution is 7.99. The van der Waals surface area contributed by atoms with Gasteiger partial charge in [-0.3, -0.25) is 4.90 Å². The molecule has 0 radical (unpaired) electrons. The minimum Gasteiger partial charge on any atom is -0.508 e. The number of rotatable bonds is 6. The van der Waals surface area contributed by atoms with E-state index in [9.17, 15) is 10.2 Å². The molecule has 5 rings (SSSR count). The zero-order valence-electron chi connectivity index (χ0n) is 20.0. The van der Waals surface area contributed by atoms with Gasteiger partial charge in [-0.1, -0.05) is 31.2 Å². The Kier molecular flexibility index (Phi) is 8.05. The molecule has 2 aliphatic rings. The van der Waals surface area contributed by atoms with Crippen LogP contribution < -0.4 is 9.47 Å². The van der Waals surface area contributed by atoms with Crippen LogP contribution in [-0.4, -0.2) is 40.9 Å². The third-order valence-corrected chi connectivity index (χ3v) is 8.05. The van der Waals surface area contributed by atoms with Crippen molar-refractivity contribution < 1.29 is 19.7 Å². The van der Waals surface area contributed by atoms with E-state index in [-0.39, 0.29) is 35.3 Å². The lowest BCUT2D eigenvalue weighted by Gasteiger charge is -2.34. The van der Waals surface area contributed by atoms with E-state index in [0.717, 1.165) is 46.5 Å². The number of likely N-dealkylation sites (tertiary alicyclic amines) is 1. The molecule has 7 heteroatoms. The molecule has 1 fully saturated rings. The zero-order chi connectivity index (χ0) is 23.7. The molecule has 186 valence electrons. The van der Waals surface area contributed by atoms with Crippen LogP contribution in [0.5, 0.6) is 23.0 Å². The van der Waals surface area contributed by atoms with Crippen molar-refractivity contribution in [3.63, 3.8) is 0 Å². The van der Waals surface area contributed by atoms with E-state index < -0.39 is 0 Å². The third kappa shape index (κ3) is 5.83. The Labute approximate surface area is 217 Å². The maximum atomic E-state index is 9.94. The van der Waals surface area contributed by atoms with E-state index in [4.69, 9.17) is 9.47 Å². The van der Waals surface area contributed by atoms with Crippen LogP contribution in [0.15, 0.2) is 71.6 Å². The van der Waals surface area contributed by atoms with Crippen molar-refractivity contribution in [1.29, 1.82) is 0 Å². The molecule has 0 aromatic heterocycles. The Morgan fingerprint density at radius 2 is 1.63 bits per heavy atom. The lowest BCUT2D eigenvalue weighted by molar-refractivity contribution is 0.190. The number of fused-ring (bicyclic) bond motifs is 1. The van der Waals surface area contributed by atoms with Gasteiger partial charge >= 0.3 is 0 Å². The van der Waals surface area contributed by atoms with E-state index in [0.29, 0.717) is 12.6 Å². The first-order valence-electron chi connectivity index (χ1n) is 11.9. The molecule has 5 nitrogen and oxygen atoms in total. The van der Waals surface area contributed by atoms with Gasteiger partial charge in [0.25, 0.3) is 0 Å². The molecule has 0 spiro atoms. The summed E-state index contributed by atoms with van der Waals surface area (Å²) >= 11 is 1.66. The van der Waals surface area contributed by atoms with Crippen molar-refractivity contribution in [3.8, 4) is 23.0 Å². The number of nitrogens with zero attached hydrogens (tertiary/aromatic N) is 1. The van der Waals surface area contributed by atoms with Gasteiger partial charge < -0.3 is 19.7 Å². The molecule has 0 bridgehead atoms. The molecule has 35 heavy (non-hydrogen) atoms. The summed E-state index contributed by atoms with van der Waals surface area (Å²) in [5.41, 5.74) is 2.11. The van der Waals surface area contributed by atoms with Gasteiger partial charge in [0.15, 0.2) is 0 Å². The average molecular weight is 514 g/mol. The van der Waals surface area contributed by atoms with Crippen LogP contribution in [0.25, 0.3) is 0 Å². The number of halogens is 1. The van der Waals surface area contributed by atoms with Crippen molar-refractivity contribution in [2.45, 2.75) is 42.6 Å². The van der Waals surface area contributed by atoms with E-state index in [1.54, 1.807) is 36.0 Å². The van der Waals surface area contributed by atoms with Crippen LogP contribution in [0, 0.1) is 5.92 Å². The Balaban J connectivity index is 0.00000289. The highest BCUT2D eigenvalue weighted by Crippen LogP contribution is 2.54. The Bertz CT molecular complexity index is 1120. The second-order valence-electron chi connectivity index (χ2n) is 9.40. The smallest absolute Gasteiger partial charge is 0.140 e. The summed E-state index contributed by atoms with van der Waals surface area (Å²) in [5, 5.41) is 19.7. The summed E-state index contributed by atoms with van der Waals surface area (Å²) < 4.78 is 12.5. The van der Waals surface area contributed by atoms with E-state index in [2.05, 4.69) is 30.9 Å². The van der Waals surface area contributed by atoms with Crippen LogP contribution in [-0.2, 0) is 0 Å². The minimum absolute atomic E-state index is 0. The maximum absolute atomic E-state index is 9.94. The third-order valence-electron chi connectivity index (χ3n) is 6.70. The van der Waals surface area contributed by atoms with Gasteiger partial charge in [0.1, 0.15) is 35.7 Å². The number of benzene rings is 3. The predicted molar refractivity (Wildman–Crippen MR) is 142 cm³/mol. The summed E-state index contributed by atoms with van der Waals surface area (Å²) in [6, 6.07) is 21.2. The van der Waals surface area contributed by atoms with E-state index in [1.807, 2.05) is 30.3 Å². The summed E-state index contributed by atoms with van der Waals surface area (Å²) in [4.78, 5) is 3.41. The second-order valence-corrected chi connectivity index (χ2v) is 10.6. The monoisotopic (exact) mass is 513 g/mol. The fourth-order valence-electron chi connectivity index (χ4n) is 4.97. The van der Waals surface area contributed by atoms with Gasteiger partial charge in [0.05, 0.1) is 10.1 Å². The average Bonchev–Trinajstić information content (AvgIpc) is 3.16. The van der Waals surface area contributed by atoms with Crippen LogP contribution in [0.2, 0.25) is 0 Å². The zero-order valence-corrected chi connectivity index (χ0v) is 21.6. The summed E-state index contributed by atoms with van der Waals surface area (Å²) in [6.45, 7) is 7.39. The highest BCUT2D eigenvalue weighted by Gasteiger charge is 2.33. The number of phenols is 2. The van der Waals surface area contributed by atoms with Crippen molar-refractivity contribution in [2.24, 2.45) is 5.92 Å². The molecular formula is C28H32ClNO4S. The molecule has 0 saturated carbocycles. The van der Waals surface area contributed by atoms with Crippen LogP contribution in [0.3, 0.4) is 0 Å². The molecule has 2 N–H and O–H groups in total. The summed E-state index contributed by atoms with van der Waals surface area (Å²) in [5.74, 6) is 2.84. The Morgan fingerprint density at radius 1 is 0.943 bits per heavy atom. The number of thioether (sulfide) groups is 1. The van der Waals surface area contributed by atoms with Gasteiger partial charge in [0.2, 0.25) is 0 Å². The topological polar surface area (TPSA) is 62.2 Å². The van der Waals surface area contributed by atoms with Crippen molar-refractivity contribution in [2.75, 3.05) is 19.7 Å². The summed E-state index contributed by atoms with van der Waals surface area (Å²) in [6.07, 6.45) is 1.05. The van der Waals surface area contributed by atoms with Crippen LogP contribution in [0.1, 0.15) is 42.7 Å². The quantitative estimate of drug-likeness (QED) is 0.387. The minimum atomic E-state index is -0.215. The molecule has 0 amide bonds.